The van der Waals surface area contributed by atoms with Crippen LogP contribution in [0.15, 0.2) is 39.3 Å². The molecule has 3 N–H and O–H groups in total. The Morgan fingerprint density at radius 1 is 1.06 bits per heavy atom. The number of rotatable bonds is 7. The van der Waals surface area contributed by atoms with Gasteiger partial charge in [0.15, 0.2) is 6.29 Å². The van der Waals surface area contributed by atoms with Crippen LogP contribution in [0.2, 0.25) is 0 Å². The van der Waals surface area contributed by atoms with Crippen LogP contribution in [0.4, 0.5) is 0 Å². The zero-order chi connectivity index (χ0) is 25.7. The molecule has 0 spiro atoms. The van der Waals surface area contributed by atoms with Crippen molar-refractivity contribution >= 4 is 0 Å². The third kappa shape index (κ3) is 4.11. The van der Waals surface area contributed by atoms with Gasteiger partial charge in [-0.1, -0.05) is 25.5 Å². The SMILES string of the molecule is C[C@@H](CO)O[C@H](CO)O[C@@H]1C=C2CCC3C(CC[C@]4(C)C(c5ccc(=O)oc5)CC[C@]34O)[C@@]2(C)CC1. The van der Waals surface area contributed by atoms with Gasteiger partial charge in [0.2, 0.25) is 0 Å². The third-order valence-corrected chi connectivity index (χ3v) is 10.5. The lowest BCUT2D eigenvalue weighted by molar-refractivity contribution is -0.209. The highest BCUT2D eigenvalue weighted by atomic mass is 16.7. The molecule has 1 heterocycles. The Morgan fingerprint density at radius 3 is 2.56 bits per heavy atom. The number of fused-ring (bicyclic) bond motifs is 5. The van der Waals surface area contributed by atoms with Crippen LogP contribution in [0.5, 0.6) is 0 Å². The van der Waals surface area contributed by atoms with Crippen molar-refractivity contribution in [1.29, 1.82) is 0 Å². The second-order valence-electron chi connectivity index (χ2n) is 12.2. The van der Waals surface area contributed by atoms with Crippen molar-refractivity contribution in [3.63, 3.8) is 0 Å². The van der Waals surface area contributed by atoms with Gasteiger partial charge < -0.3 is 29.2 Å². The lowest BCUT2D eigenvalue weighted by Gasteiger charge is -2.62. The fourth-order valence-electron chi connectivity index (χ4n) is 8.49. The summed E-state index contributed by atoms with van der Waals surface area (Å²) in [5.41, 5.74) is 1.18. The molecule has 3 fully saturated rings. The molecule has 200 valence electrons. The summed E-state index contributed by atoms with van der Waals surface area (Å²) in [5.74, 6) is 0.859. The molecule has 0 radical (unpaired) electrons. The van der Waals surface area contributed by atoms with Gasteiger partial charge in [-0.2, -0.15) is 0 Å². The Morgan fingerprint density at radius 2 is 1.86 bits per heavy atom. The van der Waals surface area contributed by atoms with Gasteiger partial charge in [-0.05, 0) is 93.1 Å². The minimum atomic E-state index is -0.747. The second-order valence-corrected chi connectivity index (χ2v) is 12.2. The summed E-state index contributed by atoms with van der Waals surface area (Å²) < 4.78 is 16.9. The molecule has 0 aromatic carbocycles. The molecule has 5 rings (SSSR count). The van der Waals surface area contributed by atoms with E-state index >= 15 is 0 Å². The van der Waals surface area contributed by atoms with E-state index < -0.39 is 18.0 Å². The molecule has 9 atom stereocenters. The molecule has 1 aromatic rings. The van der Waals surface area contributed by atoms with Crippen LogP contribution in [0.25, 0.3) is 0 Å². The van der Waals surface area contributed by atoms with Gasteiger partial charge in [-0.25, -0.2) is 4.79 Å². The van der Waals surface area contributed by atoms with Crippen LogP contribution >= 0.6 is 0 Å². The number of allylic oxidation sites excluding steroid dienone is 1. The molecule has 0 amide bonds. The summed E-state index contributed by atoms with van der Waals surface area (Å²) in [6.07, 6.45) is 10.1. The monoisotopic (exact) mass is 502 g/mol. The van der Waals surface area contributed by atoms with Gasteiger partial charge in [0, 0.05) is 11.5 Å². The predicted molar refractivity (Wildman–Crippen MR) is 134 cm³/mol. The van der Waals surface area contributed by atoms with Crippen LogP contribution < -0.4 is 5.63 Å². The van der Waals surface area contributed by atoms with E-state index in [0.29, 0.717) is 5.92 Å². The number of hydrogen-bond acceptors (Lipinski definition) is 7. The lowest BCUT2D eigenvalue weighted by Crippen LogP contribution is -2.60. The van der Waals surface area contributed by atoms with E-state index in [1.165, 1.54) is 11.6 Å². The number of aliphatic hydroxyl groups is 3. The Balaban J connectivity index is 1.35. The van der Waals surface area contributed by atoms with Crippen molar-refractivity contribution in [3.8, 4) is 0 Å². The van der Waals surface area contributed by atoms with Gasteiger partial charge in [0.1, 0.15) is 0 Å². The van der Waals surface area contributed by atoms with Gasteiger partial charge in [-0.15, -0.1) is 0 Å². The largest absolute Gasteiger partial charge is 0.431 e. The highest BCUT2D eigenvalue weighted by Gasteiger charge is 2.66. The molecule has 3 saturated carbocycles. The Hall–Kier alpha value is -1.51. The summed E-state index contributed by atoms with van der Waals surface area (Å²) in [7, 11) is 0. The van der Waals surface area contributed by atoms with Crippen LogP contribution in [0.1, 0.15) is 83.6 Å². The van der Waals surface area contributed by atoms with Crippen molar-refractivity contribution in [2.24, 2.45) is 22.7 Å². The predicted octanol–water partition coefficient (Wildman–Crippen LogP) is 3.90. The molecule has 3 unspecified atom stereocenters. The minimum Gasteiger partial charge on any atom is -0.431 e. The molecule has 1 aromatic heterocycles. The van der Waals surface area contributed by atoms with Gasteiger partial charge >= 0.3 is 5.63 Å². The normalized spacial score (nSPS) is 41.6. The quantitative estimate of drug-likeness (QED) is 0.383. The maximum absolute atomic E-state index is 12.4. The number of aliphatic hydroxyl groups excluding tert-OH is 2. The van der Waals surface area contributed by atoms with E-state index in [-0.39, 0.29) is 47.6 Å². The summed E-state index contributed by atoms with van der Waals surface area (Å²) in [5, 5.41) is 31.3. The highest BCUT2D eigenvalue weighted by molar-refractivity contribution is 5.31. The minimum absolute atomic E-state index is 0.0332. The summed E-state index contributed by atoms with van der Waals surface area (Å²) in [6, 6.07) is 3.38. The maximum atomic E-state index is 12.4. The zero-order valence-electron chi connectivity index (χ0n) is 21.8. The number of hydrogen-bond donors (Lipinski definition) is 3. The first-order valence-electron chi connectivity index (χ1n) is 13.7. The summed E-state index contributed by atoms with van der Waals surface area (Å²) >= 11 is 0. The topological polar surface area (TPSA) is 109 Å². The molecular weight excluding hydrogens is 460 g/mol. The Bertz CT molecular complexity index is 1010. The average molecular weight is 503 g/mol. The van der Waals surface area contributed by atoms with Crippen molar-refractivity contribution < 1.29 is 29.2 Å². The van der Waals surface area contributed by atoms with Crippen molar-refractivity contribution in [2.45, 2.75) is 102 Å². The molecule has 7 nitrogen and oxygen atoms in total. The molecule has 36 heavy (non-hydrogen) atoms. The van der Waals surface area contributed by atoms with Crippen LogP contribution in [0, 0.1) is 22.7 Å². The molecule has 4 aliphatic rings. The summed E-state index contributed by atoms with van der Waals surface area (Å²) in [6.45, 7) is 6.03. The van der Waals surface area contributed by atoms with Crippen LogP contribution in [-0.4, -0.2) is 52.6 Å². The smallest absolute Gasteiger partial charge is 0.335 e. The fourth-order valence-corrected chi connectivity index (χ4v) is 8.49. The Labute approximate surface area is 213 Å². The van der Waals surface area contributed by atoms with Crippen LogP contribution in [-0.2, 0) is 9.47 Å². The third-order valence-electron chi connectivity index (χ3n) is 10.5. The molecule has 0 saturated heterocycles. The second kappa shape index (κ2) is 9.66. The van der Waals surface area contributed by atoms with Gasteiger partial charge in [-0.3, -0.25) is 0 Å². The van der Waals surface area contributed by atoms with Crippen molar-refractivity contribution in [1.82, 2.24) is 0 Å². The molecule has 0 aliphatic heterocycles. The fraction of sp³-hybridized carbons (Fsp3) is 0.759. The van der Waals surface area contributed by atoms with Crippen molar-refractivity contribution in [2.75, 3.05) is 13.2 Å². The summed E-state index contributed by atoms with van der Waals surface area (Å²) in [4.78, 5) is 11.5. The maximum Gasteiger partial charge on any atom is 0.335 e. The van der Waals surface area contributed by atoms with E-state index in [2.05, 4.69) is 19.9 Å². The zero-order valence-corrected chi connectivity index (χ0v) is 21.8. The van der Waals surface area contributed by atoms with E-state index in [4.69, 9.17) is 13.9 Å². The van der Waals surface area contributed by atoms with E-state index in [1.807, 2.05) is 6.07 Å². The highest BCUT2D eigenvalue weighted by Crippen LogP contribution is 2.70. The standard InChI is InChI=1S/C29H42O7/c1-18(15-30)35-26(16-31)36-21-8-11-27(2)20(14-21)5-6-24-23(27)9-12-28(3)22(10-13-29(24,28)33)19-4-7-25(32)34-17-19/h4,7,14,17-18,21-24,26,30-31,33H,5-6,8-13,15-16H2,1-3H3/t18-,21-,22?,23?,24?,26-,27-,28+,29-/m0/s1. The number of ether oxygens (including phenoxy) is 2. The molecule has 4 aliphatic carbocycles. The molecule has 7 heteroatoms. The van der Waals surface area contributed by atoms with E-state index in [9.17, 15) is 20.1 Å². The lowest BCUT2D eigenvalue weighted by atomic mass is 9.45. The first kappa shape index (κ1) is 26.1. The Kier molecular flexibility index (Phi) is 7.01. The average Bonchev–Trinajstić information content (AvgIpc) is 3.15. The van der Waals surface area contributed by atoms with E-state index in [1.54, 1.807) is 13.2 Å². The first-order valence-corrected chi connectivity index (χ1v) is 13.7. The first-order chi connectivity index (χ1) is 17.1. The van der Waals surface area contributed by atoms with Gasteiger partial charge in [0.25, 0.3) is 0 Å². The van der Waals surface area contributed by atoms with Crippen molar-refractivity contribution in [3.05, 3.63) is 46.0 Å². The molecular formula is C29H42O7. The van der Waals surface area contributed by atoms with Gasteiger partial charge in [0.05, 0.1) is 37.3 Å². The molecule has 0 bridgehead atoms. The van der Waals surface area contributed by atoms with E-state index in [0.717, 1.165) is 56.9 Å². The van der Waals surface area contributed by atoms with Crippen LogP contribution in [0.3, 0.4) is 0 Å².